The minimum atomic E-state index is -0.394. The predicted molar refractivity (Wildman–Crippen MR) is 93.2 cm³/mol. The minimum Gasteiger partial charge on any atom is -0.493 e. The van der Waals surface area contributed by atoms with E-state index in [1.165, 1.54) is 11.1 Å². The molecule has 1 spiro atoms. The number of carbonyl (C=O) groups excluding carboxylic acids is 1. The molecule has 0 aliphatic carbocycles. The average molecular weight is 346 g/mol. The van der Waals surface area contributed by atoms with Crippen molar-refractivity contribution in [1.82, 2.24) is 10.2 Å². The zero-order valence-electron chi connectivity index (χ0n) is 15.1. The zero-order valence-corrected chi connectivity index (χ0v) is 15.1. The first-order chi connectivity index (χ1) is 12.1. The summed E-state index contributed by atoms with van der Waals surface area (Å²) in [4.78, 5) is 14.4. The first-order valence-corrected chi connectivity index (χ1v) is 9.08. The van der Waals surface area contributed by atoms with E-state index in [0.717, 1.165) is 50.3 Å². The topological polar surface area (TPSA) is 60.0 Å². The normalized spacial score (nSPS) is 31.1. The SMILES string of the molecule is CC[C@H]1NC(=O)O[C@]12CCN1CCc3cc(OC)c(OC)cc3[C@@H]1C2. The van der Waals surface area contributed by atoms with Crippen LogP contribution in [0.2, 0.25) is 0 Å². The first-order valence-electron chi connectivity index (χ1n) is 9.08. The Morgan fingerprint density at radius 3 is 2.76 bits per heavy atom. The Morgan fingerprint density at radius 1 is 1.28 bits per heavy atom. The molecule has 0 aromatic heterocycles. The Balaban J connectivity index is 1.71. The molecular weight excluding hydrogens is 320 g/mol. The van der Waals surface area contributed by atoms with Crippen molar-refractivity contribution in [1.29, 1.82) is 0 Å². The summed E-state index contributed by atoms with van der Waals surface area (Å²) in [6.07, 6.45) is 3.34. The number of ether oxygens (including phenoxy) is 3. The summed E-state index contributed by atoms with van der Waals surface area (Å²) in [7, 11) is 3.34. The molecule has 1 aromatic carbocycles. The van der Waals surface area contributed by atoms with Crippen molar-refractivity contribution in [3.63, 3.8) is 0 Å². The van der Waals surface area contributed by atoms with Crippen LogP contribution in [0.1, 0.15) is 43.4 Å². The van der Waals surface area contributed by atoms with Gasteiger partial charge in [-0.3, -0.25) is 4.90 Å². The van der Waals surface area contributed by atoms with Crippen LogP contribution in [0, 0.1) is 0 Å². The molecule has 2 fully saturated rings. The third kappa shape index (κ3) is 2.54. The van der Waals surface area contributed by atoms with Gasteiger partial charge in [0.25, 0.3) is 0 Å². The smallest absolute Gasteiger partial charge is 0.408 e. The van der Waals surface area contributed by atoms with Crippen molar-refractivity contribution in [3.8, 4) is 11.5 Å². The molecule has 25 heavy (non-hydrogen) atoms. The van der Waals surface area contributed by atoms with Crippen molar-refractivity contribution < 1.29 is 19.0 Å². The van der Waals surface area contributed by atoms with E-state index >= 15 is 0 Å². The molecule has 0 unspecified atom stereocenters. The number of piperidine rings is 1. The van der Waals surface area contributed by atoms with Gasteiger partial charge in [-0.2, -0.15) is 0 Å². The maximum atomic E-state index is 11.9. The number of nitrogens with zero attached hydrogens (tertiary/aromatic N) is 1. The number of amides is 1. The van der Waals surface area contributed by atoms with Gasteiger partial charge in [0.1, 0.15) is 5.60 Å². The van der Waals surface area contributed by atoms with Crippen LogP contribution >= 0.6 is 0 Å². The molecule has 0 radical (unpaired) electrons. The van der Waals surface area contributed by atoms with Crippen molar-refractivity contribution in [2.45, 2.75) is 50.3 Å². The molecule has 1 amide bonds. The summed E-state index contributed by atoms with van der Waals surface area (Å²) in [5.74, 6) is 1.54. The van der Waals surface area contributed by atoms with Crippen LogP contribution in [0.25, 0.3) is 0 Å². The van der Waals surface area contributed by atoms with Crippen LogP contribution in [0.15, 0.2) is 12.1 Å². The summed E-state index contributed by atoms with van der Waals surface area (Å²) in [5, 5.41) is 3.00. The average Bonchev–Trinajstić information content (AvgIpc) is 2.94. The number of alkyl carbamates (subject to hydrolysis) is 1. The van der Waals surface area contributed by atoms with Gasteiger partial charge in [-0.1, -0.05) is 6.92 Å². The molecule has 6 nitrogen and oxygen atoms in total. The van der Waals surface area contributed by atoms with Crippen LogP contribution in [0.4, 0.5) is 4.79 Å². The number of benzene rings is 1. The molecule has 3 heterocycles. The number of methoxy groups -OCH3 is 2. The largest absolute Gasteiger partial charge is 0.493 e. The maximum Gasteiger partial charge on any atom is 0.408 e. The first kappa shape index (κ1) is 16.5. The molecule has 3 aliphatic rings. The fraction of sp³-hybridized carbons (Fsp3) is 0.632. The van der Waals surface area contributed by atoms with Gasteiger partial charge >= 0.3 is 6.09 Å². The lowest BCUT2D eigenvalue weighted by atomic mass is 9.75. The van der Waals surface area contributed by atoms with Gasteiger partial charge in [0.2, 0.25) is 0 Å². The fourth-order valence-corrected chi connectivity index (χ4v) is 4.79. The highest BCUT2D eigenvalue weighted by molar-refractivity contribution is 5.71. The number of hydrogen-bond acceptors (Lipinski definition) is 5. The Bertz CT molecular complexity index is 692. The number of fused-ring (bicyclic) bond motifs is 3. The summed E-state index contributed by atoms with van der Waals surface area (Å²) in [6, 6.07) is 4.55. The molecule has 2 saturated heterocycles. The van der Waals surface area contributed by atoms with Crippen LogP contribution in [-0.2, 0) is 11.2 Å². The Hall–Kier alpha value is -1.95. The summed E-state index contributed by atoms with van der Waals surface area (Å²) in [6.45, 7) is 4.09. The van der Waals surface area contributed by atoms with E-state index in [0.29, 0.717) is 0 Å². The second-order valence-electron chi connectivity index (χ2n) is 7.22. The van der Waals surface area contributed by atoms with Gasteiger partial charge in [-0.25, -0.2) is 4.79 Å². The van der Waals surface area contributed by atoms with Crippen LogP contribution in [0.3, 0.4) is 0 Å². The van der Waals surface area contributed by atoms with E-state index in [-0.39, 0.29) is 18.2 Å². The van der Waals surface area contributed by atoms with Gasteiger partial charge < -0.3 is 19.5 Å². The molecule has 1 aromatic rings. The van der Waals surface area contributed by atoms with Gasteiger partial charge in [0.15, 0.2) is 11.5 Å². The molecule has 3 atom stereocenters. The van der Waals surface area contributed by atoms with Crippen molar-refractivity contribution in [2.24, 2.45) is 0 Å². The standard InChI is InChI=1S/C19H26N2O4/c1-4-17-19(25-18(22)20-17)6-8-21-7-5-12-9-15(23-2)16(24-3)10-13(12)14(21)11-19/h9-10,14,17H,4-8,11H2,1-3H3,(H,20,22)/t14-,17+,19-/m0/s1. The van der Waals surface area contributed by atoms with E-state index in [9.17, 15) is 4.79 Å². The quantitative estimate of drug-likeness (QED) is 0.912. The van der Waals surface area contributed by atoms with Crippen LogP contribution in [-0.4, -0.2) is 49.9 Å². The lowest BCUT2D eigenvalue weighted by Crippen LogP contribution is -2.54. The monoisotopic (exact) mass is 346 g/mol. The highest BCUT2D eigenvalue weighted by Gasteiger charge is 2.53. The van der Waals surface area contributed by atoms with E-state index in [1.807, 2.05) is 0 Å². The van der Waals surface area contributed by atoms with Crippen molar-refractivity contribution in [2.75, 3.05) is 27.3 Å². The lowest BCUT2D eigenvalue weighted by molar-refractivity contribution is -0.0472. The molecule has 4 rings (SSSR count). The molecule has 136 valence electrons. The Labute approximate surface area is 148 Å². The molecule has 3 aliphatic heterocycles. The third-order valence-electron chi connectivity index (χ3n) is 6.11. The maximum absolute atomic E-state index is 11.9. The van der Waals surface area contributed by atoms with Crippen LogP contribution in [0.5, 0.6) is 11.5 Å². The number of nitrogens with one attached hydrogen (secondary N) is 1. The van der Waals surface area contributed by atoms with Crippen molar-refractivity contribution >= 4 is 6.09 Å². The van der Waals surface area contributed by atoms with E-state index in [2.05, 4.69) is 29.3 Å². The van der Waals surface area contributed by atoms with E-state index in [1.54, 1.807) is 14.2 Å². The fourth-order valence-electron chi connectivity index (χ4n) is 4.79. The molecule has 6 heteroatoms. The van der Waals surface area contributed by atoms with E-state index in [4.69, 9.17) is 14.2 Å². The van der Waals surface area contributed by atoms with Gasteiger partial charge in [-0.05, 0) is 36.1 Å². The second kappa shape index (κ2) is 6.09. The Kier molecular flexibility index (Phi) is 4.02. The second-order valence-corrected chi connectivity index (χ2v) is 7.22. The summed E-state index contributed by atoms with van der Waals surface area (Å²) < 4.78 is 16.8. The molecule has 1 N–H and O–H groups in total. The number of carbonyl (C=O) groups is 1. The lowest BCUT2D eigenvalue weighted by Gasteiger charge is -2.48. The third-order valence-corrected chi connectivity index (χ3v) is 6.11. The highest BCUT2D eigenvalue weighted by atomic mass is 16.6. The zero-order chi connectivity index (χ0) is 17.6. The van der Waals surface area contributed by atoms with Crippen molar-refractivity contribution in [3.05, 3.63) is 23.3 Å². The highest BCUT2D eigenvalue weighted by Crippen LogP contribution is 2.47. The Morgan fingerprint density at radius 2 is 2.04 bits per heavy atom. The number of rotatable bonds is 3. The predicted octanol–water partition coefficient (Wildman–Crippen LogP) is 2.65. The van der Waals surface area contributed by atoms with Gasteiger partial charge in [0.05, 0.1) is 20.3 Å². The summed E-state index contributed by atoms with van der Waals surface area (Å²) in [5.41, 5.74) is 2.19. The molecule has 0 saturated carbocycles. The van der Waals surface area contributed by atoms with Crippen LogP contribution < -0.4 is 14.8 Å². The van der Waals surface area contributed by atoms with E-state index < -0.39 is 5.60 Å². The minimum absolute atomic E-state index is 0.0904. The number of hydrogen-bond donors (Lipinski definition) is 1. The summed E-state index contributed by atoms with van der Waals surface area (Å²) >= 11 is 0. The molecular formula is C19H26N2O4. The van der Waals surface area contributed by atoms with Gasteiger partial charge in [-0.15, -0.1) is 0 Å². The van der Waals surface area contributed by atoms with Gasteiger partial charge in [0, 0.05) is 32.0 Å². The molecule has 0 bridgehead atoms.